The van der Waals surface area contributed by atoms with Crippen molar-refractivity contribution in [3.05, 3.63) is 0 Å². The van der Waals surface area contributed by atoms with E-state index in [2.05, 4.69) is 9.50 Å². The van der Waals surface area contributed by atoms with Crippen LogP contribution in [-0.2, 0) is 100 Å². The number of amides is 1. The van der Waals surface area contributed by atoms with Crippen LogP contribution in [0.15, 0.2) is 0 Å². The van der Waals surface area contributed by atoms with E-state index in [4.69, 9.17) is 61.6 Å². The summed E-state index contributed by atoms with van der Waals surface area (Å²) in [6, 6.07) is -1.90. The number of aliphatic hydroxyl groups is 13. The lowest BCUT2D eigenvalue weighted by Gasteiger charge is -2.51. The number of carbonyl (C=O) groups is 5. The zero-order chi connectivity index (χ0) is 69.5. The molecule has 41 heteroatoms. The molecular formula is C52H83NO39S. The largest absolute Gasteiger partial charge is 0.479 e. The Bertz CT molecular complexity index is 2660. The second-order valence-electron chi connectivity index (χ2n) is 24.5. The third-order valence-corrected chi connectivity index (χ3v) is 18.1. The van der Waals surface area contributed by atoms with E-state index >= 15 is 0 Å². The van der Waals surface area contributed by atoms with Crippen LogP contribution in [0.1, 0.15) is 48.5 Å². The van der Waals surface area contributed by atoms with Crippen LogP contribution in [0.5, 0.6) is 0 Å². The van der Waals surface area contributed by atoms with Crippen molar-refractivity contribution in [3.63, 3.8) is 0 Å². The number of rotatable bonds is 24. The Labute approximate surface area is 528 Å². The van der Waals surface area contributed by atoms with Crippen molar-refractivity contribution >= 4 is 40.2 Å². The molecule has 35 unspecified atom stereocenters. The Morgan fingerprint density at radius 3 is 1.41 bits per heavy atom. The smallest absolute Gasteiger partial charge is 0.397 e. The molecule has 40 nitrogen and oxygen atoms in total. The van der Waals surface area contributed by atoms with Crippen LogP contribution < -0.4 is 5.32 Å². The zero-order valence-corrected chi connectivity index (χ0v) is 51.4. The Morgan fingerprint density at radius 2 is 0.882 bits per heavy atom. The van der Waals surface area contributed by atoms with Crippen molar-refractivity contribution in [3.8, 4) is 0 Å². The van der Waals surface area contributed by atoms with Gasteiger partial charge in [0.1, 0.15) is 79.3 Å². The van der Waals surface area contributed by atoms with Crippen LogP contribution in [0.2, 0.25) is 0 Å². The third-order valence-electron chi connectivity index (χ3n) is 17.7. The lowest BCUT2D eigenvalue weighted by Crippen LogP contribution is -2.70. The number of carbonyl (C=O) groups excluding carboxylic acids is 1. The summed E-state index contributed by atoms with van der Waals surface area (Å²) in [5.41, 5.74) is -1.97. The van der Waals surface area contributed by atoms with Crippen molar-refractivity contribution < 1.29 is 190 Å². The van der Waals surface area contributed by atoms with E-state index in [9.17, 15) is 124 Å². The maximum atomic E-state index is 13.0. The number of hydrogen-bond donors (Lipinski definition) is 19. The fourth-order valence-corrected chi connectivity index (χ4v) is 12.6. The molecule has 7 aliphatic heterocycles. The normalized spacial score (nSPS) is 46.9. The van der Waals surface area contributed by atoms with Gasteiger partial charge < -0.3 is 154 Å². The molecule has 0 bridgehead atoms. The molecule has 0 radical (unpaired) electrons. The topological polar surface area (TPSA) is 625 Å². The van der Waals surface area contributed by atoms with Crippen LogP contribution in [0.25, 0.3) is 0 Å². The van der Waals surface area contributed by atoms with E-state index in [1.807, 2.05) is 0 Å². The second kappa shape index (κ2) is 30.9. The van der Waals surface area contributed by atoms with Gasteiger partial charge in [-0.3, -0.25) is 9.35 Å². The van der Waals surface area contributed by atoms with E-state index in [0.717, 1.165) is 20.8 Å². The van der Waals surface area contributed by atoms with Gasteiger partial charge in [-0.25, -0.2) is 23.4 Å². The predicted molar refractivity (Wildman–Crippen MR) is 287 cm³/mol. The monoisotopic (exact) mass is 1380 g/mol. The molecule has 7 saturated heterocycles. The zero-order valence-electron chi connectivity index (χ0n) is 50.6. The number of aliphatic hydroxyl groups excluding tert-OH is 12. The van der Waals surface area contributed by atoms with Crippen molar-refractivity contribution in [2.75, 3.05) is 26.4 Å². The highest BCUT2D eigenvalue weighted by Gasteiger charge is 2.60. The van der Waals surface area contributed by atoms with Crippen LogP contribution in [0.3, 0.4) is 0 Å². The van der Waals surface area contributed by atoms with Crippen molar-refractivity contribution in [2.24, 2.45) is 35.5 Å². The minimum absolute atomic E-state index is 0.693. The molecule has 0 aliphatic carbocycles. The van der Waals surface area contributed by atoms with Gasteiger partial charge in [0.05, 0.1) is 68.5 Å². The molecule has 0 aromatic heterocycles. The first-order chi connectivity index (χ1) is 43.2. The molecule has 93 heavy (non-hydrogen) atoms. The van der Waals surface area contributed by atoms with Gasteiger partial charge in [-0.15, -0.1) is 0 Å². The molecular weight excluding hydrogens is 1290 g/mol. The SMILES string of the molecule is CC(=O)NC1C(OC2C(C(=O)O)OC(OC3C(COS(=O)(=O)O)OC(OC4C(C(=O)O)OC(OC5C(CO)OC(OCC6C(C(=O)O)OC(O)C(O)C6O)C(C)C5O)C(C)C4O)C(C)C3C)C(O)C2O)OC(CO)C(OC2OC(C(=O)O)C(C(C)(C)O)C(O)C2O)C1O. The van der Waals surface area contributed by atoms with Crippen molar-refractivity contribution in [1.29, 1.82) is 0 Å². The molecule has 7 rings (SSSR count). The maximum absolute atomic E-state index is 13.0. The first-order valence-electron chi connectivity index (χ1n) is 29.3. The average Bonchev–Trinajstić information content (AvgIpc) is 0.776. The van der Waals surface area contributed by atoms with Crippen LogP contribution in [0, 0.1) is 35.5 Å². The number of ether oxygens (including phenoxy) is 13. The van der Waals surface area contributed by atoms with E-state index < -0.39 is 286 Å². The Kier molecular flexibility index (Phi) is 25.5. The first kappa shape index (κ1) is 76.5. The fraction of sp³-hybridized carbons (Fsp3) is 0.904. The highest BCUT2D eigenvalue weighted by molar-refractivity contribution is 7.80. The standard InChI is InChI=1S/C52H83NO39S/c1-12-13(2)47(89-37-24(58)15(4)48(91-39(37)43(70)71)86-34-18(8-54)81-46(14(3)23(34)57)79-10-17-25(59)29(63)45(74)84-33(17)41(66)67)83-20(11-80-93(76,77)78)32(12)85-51-31(65)28(62)38(40(92-51)44(72)73)90-49-22(53-16(5)56)27(61)35(19(9-55)82-49)87-50-30(64)26(60)21(52(6,7)75)36(88-50)42(68)69/h12-15,17-40,45-51,54-55,57-65,74-75H,8-11H2,1-7H3,(H,53,56)(H,66,67)(H,68,69)(H,70,71)(H,72,73)(H,76,77,78). The number of hydrogen-bond acceptors (Lipinski definition) is 34. The average molecular weight is 1380 g/mol. The van der Waals surface area contributed by atoms with Gasteiger partial charge >= 0.3 is 34.3 Å². The molecule has 1 amide bonds. The van der Waals surface area contributed by atoms with Crippen LogP contribution >= 0.6 is 0 Å². The van der Waals surface area contributed by atoms with Gasteiger partial charge in [-0.05, 0) is 19.8 Å². The summed E-state index contributed by atoms with van der Waals surface area (Å²) < 4.78 is 113. The number of carboxylic acid groups (broad SMARTS) is 4. The van der Waals surface area contributed by atoms with Crippen LogP contribution in [-0.4, -0.2) is 340 Å². The number of nitrogens with one attached hydrogen (secondary N) is 1. The summed E-state index contributed by atoms with van der Waals surface area (Å²) in [6.45, 7) is 4.81. The number of aliphatic carboxylic acids is 4. The molecule has 536 valence electrons. The fourth-order valence-electron chi connectivity index (χ4n) is 12.3. The van der Waals surface area contributed by atoms with Gasteiger partial charge in [0.2, 0.25) is 5.91 Å². The number of carboxylic acids is 4. The van der Waals surface area contributed by atoms with Gasteiger partial charge in [0.25, 0.3) is 0 Å². The van der Waals surface area contributed by atoms with E-state index in [1.165, 1.54) is 27.7 Å². The molecule has 35 atom stereocenters. The predicted octanol–water partition coefficient (Wildman–Crippen LogP) is -9.56. The molecule has 7 aliphatic rings. The summed E-state index contributed by atoms with van der Waals surface area (Å²) in [6.07, 6.45) is -55.0. The molecule has 7 fully saturated rings. The van der Waals surface area contributed by atoms with Gasteiger partial charge in [-0.1, -0.05) is 27.7 Å². The first-order valence-corrected chi connectivity index (χ1v) is 30.6. The summed E-state index contributed by atoms with van der Waals surface area (Å²) in [4.78, 5) is 62.6. The minimum Gasteiger partial charge on any atom is -0.479 e. The molecule has 0 aromatic carbocycles. The van der Waals surface area contributed by atoms with Gasteiger partial charge in [0, 0.05) is 30.6 Å². The highest BCUT2D eigenvalue weighted by atomic mass is 32.3. The van der Waals surface area contributed by atoms with Crippen molar-refractivity contribution in [2.45, 2.75) is 232 Å². The lowest BCUT2D eigenvalue weighted by molar-refractivity contribution is -0.378. The molecule has 0 saturated carbocycles. The van der Waals surface area contributed by atoms with E-state index in [1.54, 1.807) is 0 Å². The molecule has 7 heterocycles. The molecule has 19 N–H and O–H groups in total. The highest BCUT2D eigenvalue weighted by Crippen LogP contribution is 2.43. The Balaban J connectivity index is 1.04. The third kappa shape index (κ3) is 16.8. The van der Waals surface area contributed by atoms with Gasteiger partial charge in [-0.2, -0.15) is 8.42 Å². The second-order valence-corrected chi connectivity index (χ2v) is 25.6. The van der Waals surface area contributed by atoms with Crippen LogP contribution in [0.4, 0.5) is 0 Å². The quantitative estimate of drug-likeness (QED) is 0.0399. The summed E-state index contributed by atoms with van der Waals surface area (Å²) in [5, 5.41) is 185. The lowest BCUT2D eigenvalue weighted by atomic mass is 9.77. The minimum atomic E-state index is -5.33. The van der Waals surface area contributed by atoms with E-state index in [0.29, 0.717) is 0 Å². The summed E-state index contributed by atoms with van der Waals surface area (Å²) in [5.74, 6) is -15.7. The summed E-state index contributed by atoms with van der Waals surface area (Å²) in [7, 11) is -5.33. The maximum Gasteiger partial charge on any atom is 0.397 e. The van der Waals surface area contributed by atoms with Gasteiger partial charge in [0.15, 0.2) is 68.4 Å². The molecule has 0 aromatic rings. The summed E-state index contributed by atoms with van der Waals surface area (Å²) >= 11 is 0. The Morgan fingerprint density at radius 1 is 0.452 bits per heavy atom. The molecule has 0 spiro atoms. The van der Waals surface area contributed by atoms with Crippen molar-refractivity contribution in [1.82, 2.24) is 5.32 Å². The van der Waals surface area contributed by atoms with E-state index in [-0.39, 0.29) is 0 Å². The Hall–Kier alpha value is -3.82.